The summed E-state index contributed by atoms with van der Waals surface area (Å²) in [5.74, 6) is 0.358. The van der Waals surface area contributed by atoms with E-state index in [-0.39, 0.29) is 40.4 Å². The molecule has 1 amide bonds. The second kappa shape index (κ2) is 14.2. The number of nitrogens with one attached hydrogen (secondary N) is 1. The number of carbonyl (C=O) groups is 1. The smallest absolute Gasteiger partial charge is 0.407 e. The van der Waals surface area contributed by atoms with Crippen molar-refractivity contribution in [3.8, 4) is 16.9 Å². The molecule has 48 heavy (non-hydrogen) atoms. The molecule has 0 spiro atoms. The minimum Gasteiger partial charge on any atom is -0.488 e. The van der Waals surface area contributed by atoms with Gasteiger partial charge in [0.2, 0.25) is 5.88 Å². The zero-order valence-electron chi connectivity index (χ0n) is 27.7. The third-order valence-corrected chi connectivity index (χ3v) is 10.1. The fraction of sp³-hybridized carbons (Fsp3) is 0.263. The number of carbonyl (C=O) groups excluding carboxylic acids is 1. The van der Waals surface area contributed by atoms with Crippen molar-refractivity contribution in [2.45, 2.75) is 56.6 Å². The van der Waals surface area contributed by atoms with Gasteiger partial charge in [-0.25, -0.2) is 17.5 Å². The number of ether oxygens (including phenoxy) is 3. The molecule has 1 aliphatic carbocycles. The Morgan fingerprint density at radius 2 is 1.48 bits per heavy atom. The van der Waals surface area contributed by atoms with Crippen LogP contribution >= 0.6 is 12.2 Å². The molecule has 0 aliphatic heterocycles. The van der Waals surface area contributed by atoms with Gasteiger partial charge in [0.1, 0.15) is 24.0 Å². The lowest BCUT2D eigenvalue weighted by Gasteiger charge is -2.25. The quantitative estimate of drug-likeness (QED) is 0.128. The van der Waals surface area contributed by atoms with Gasteiger partial charge >= 0.3 is 6.09 Å². The Morgan fingerprint density at radius 3 is 2.04 bits per heavy atom. The number of fused-ring (bicyclic) bond motifs is 3. The van der Waals surface area contributed by atoms with Gasteiger partial charge in [-0.15, -0.1) is 0 Å². The number of rotatable bonds is 11. The van der Waals surface area contributed by atoms with Gasteiger partial charge in [-0.05, 0) is 98.6 Å². The molecule has 0 bridgehead atoms. The Hall–Kier alpha value is -4.67. The molecule has 4 aromatic rings. The van der Waals surface area contributed by atoms with Crippen LogP contribution in [0.2, 0.25) is 0 Å². The van der Waals surface area contributed by atoms with Crippen molar-refractivity contribution in [3.05, 3.63) is 132 Å². The molecule has 1 atom stereocenters. The van der Waals surface area contributed by atoms with Crippen LogP contribution in [-0.4, -0.2) is 49.2 Å². The fourth-order valence-corrected chi connectivity index (χ4v) is 6.85. The van der Waals surface area contributed by atoms with E-state index in [1.807, 2.05) is 88.4 Å². The third-order valence-electron chi connectivity index (χ3n) is 7.96. The van der Waals surface area contributed by atoms with Gasteiger partial charge in [0, 0.05) is 19.4 Å². The highest BCUT2D eigenvalue weighted by molar-refractivity contribution is 7.89. The van der Waals surface area contributed by atoms with Crippen molar-refractivity contribution in [1.29, 1.82) is 0 Å². The average molecular weight is 685 g/mol. The minimum absolute atomic E-state index is 0.0746. The van der Waals surface area contributed by atoms with Crippen molar-refractivity contribution < 1.29 is 27.4 Å². The third kappa shape index (κ3) is 8.06. The molecule has 0 heterocycles. The Bertz CT molecular complexity index is 1870. The molecule has 0 saturated carbocycles. The molecule has 4 aromatic carbocycles. The van der Waals surface area contributed by atoms with Crippen LogP contribution in [0.3, 0.4) is 0 Å². The molecule has 0 unspecified atom stereocenters. The van der Waals surface area contributed by atoms with Crippen LogP contribution < -0.4 is 10.1 Å². The summed E-state index contributed by atoms with van der Waals surface area (Å²) < 4.78 is 45.0. The molecule has 8 nitrogen and oxygen atoms in total. The Labute approximate surface area is 288 Å². The van der Waals surface area contributed by atoms with E-state index in [4.69, 9.17) is 26.4 Å². The predicted molar refractivity (Wildman–Crippen MR) is 191 cm³/mol. The van der Waals surface area contributed by atoms with Gasteiger partial charge in [-0.3, -0.25) is 0 Å². The number of nitrogens with zero attached hydrogens (tertiary/aromatic N) is 1. The van der Waals surface area contributed by atoms with Crippen LogP contribution in [0.15, 0.2) is 114 Å². The normalized spacial score (nSPS) is 13.1. The number of hydrogen-bond donors (Lipinski definition) is 1. The van der Waals surface area contributed by atoms with Crippen molar-refractivity contribution in [3.63, 3.8) is 0 Å². The first-order valence-corrected chi connectivity index (χ1v) is 17.4. The number of hydrogen-bond acceptors (Lipinski definition) is 7. The van der Waals surface area contributed by atoms with Crippen molar-refractivity contribution in [2.24, 2.45) is 0 Å². The lowest BCUT2D eigenvalue weighted by Crippen LogP contribution is -2.44. The van der Waals surface area contributed by atoms with Gasteiger partial charge < -0.3 is 19.5 Å². The molecule has 5 rings (SSSR count). The number of benzene rings is 4. The summed E-state index contributed by atoms with van der Waals surface area (Å²) in [7, 11) is -2.64. The van der Waals surface area contributed by atoms with Crippen molar-refractivity contribution >= 4 is 33.4 Å². The lowest BCUT2D eigenvalue weighted by atomic mass is 9.98. The summed E-state index contributed by atoms with van der Waals surface area (Å²) in [5.41, 5.74) is 5.82. The zero-order chi connectivity index (χ0) is 34.6. The lowest BCUT2D eigenvalue weighted by molar-refractivity contribution is 0.131. The summed E-state index contributed by atoms with van der Waals surface area (Å²) >= 11 is 5.64. The monoisotopic (exact) mass is 684 g/mol. The van der Waals surface area contributed by atoms with Crippen LogP contribution in [0, 0.1) is 6.92 Å². The first kappa shape index (κ1) is 34.7. The highest BCUT2D eigenvalue weighted by Crippen LogP contribution is 2.44. The molecule has 0 radical (unpaired) electrons. The molecule has 1 aliphatic rings. The van der Waals surface area contributed by atoms with Crippen LogP contribution in [0.1, 0.15) is 48.9 Å². The maximum atomic E-state index is 13.3. The summed E-state index contributed by atoms with van der Waals surface area (Å²) in [6.07, 6.45) is -0.452. The number of amides is 1. The highest BCUT2D eigenvalue weighted by Gasteiger charge is 2.31. The van der Waals surface area contributed by atoms with Gasteiger partial charge in [-0.1, -0.05) is 78.4 Å². The van der Waals surface area contributed by atoms with Gasteiger partial charge in [0.25, 0.3) is 10.0 Å². The molecular weight excluding hydrogens is 645 g/mol. The molecule has 250 valence electrons. The average Bonchev–Trinajstić information content (AvgIpc) is 3.37. The van der Waals surface area contributed by atoms with Crippen LogP contribution in [-0.2, 0) is 25.9 Å². The minimum atomic E-state index is -3.97. The summed E-state index contributed by atoms with van der Waals surface area (Å²) in [4.78, 5) is 13.4. The summed E-state index contributed by atoms with van der Waals surface area (Å²) in [6.45, 7) is 11.7. The van der Waals surface area contributed by atoms with Gasteiger partial charge in [0.15, 0.2) is 5.05 Å². The first-order valence-electron chi connectivity index (χ1n) is 15.6. The van der Waals surface area contributed by atoms with E-state index in [1.165, 1.54) is 19.2 Å². The van der Waals surface area contributed by atoms with Gasteiger partial charge in [-0.2, -0.15) is 0 Å². The van der Waals surface area contributed by atoms with E-state index >= 15 is 0 Å². The summed E-state index contributed by atoms with van der Waals surface area (Å²) in [6, 6.07) is 29.2. The maximum absolute atomic E-state index is 13.3. The zero-order valence-corrected chi connectivity index (χ0v) is 29.4. The van der Waals surface area contributed by atoms with Crippen molar-refractivity contribution in [2.75, 3.05) is 13.7 Å². The Morgan fingerprint density at radius 1 is 0.917 bits per heavy atom. The largest absolute Gasteiger partial charge is 0.488 e. The molecule has 0 fully saturated rings. The van der Waals surface area contributed by atoms with E-state index in [0.717, 1.165) is 37.7 Å². The second-order valence-corrected chi connectivity index (χ2v) is 15.1. The number of alkyl carbamates (subject to hydrolysis) is 1. The van der Waals surface area contributed by atoms with Crippen LogP contribution in [0.25, 0.3) is 11.1 Å². The Balaban J connectivity index is 1.31. The van der Waals surface area contributed by atoms with Crippen LogP contribution in [0.5, 0.6) is 5.75 Å². The van der Waals surface area contributed by atoms with E-state index in [1.54, 1.807) is 12.1 Å². The highest BCUT2D eigenvalue weighted by atomic mass is 32.2. The van der Waals surface area contributed by atoms with E-state index in [2.05, 4.69) is 24.0 Å². The SMILES string of the molecule is C=C(OC(=S)[C@H](Cc1ccc(OC(C)(C)C)cc1)NC(=O)OCC1c2ccccc2-c2ccccc21)N(C)S(=O)(=O)c1ccc(C)cc1. The number of aryl methyl sites for hydroxylation is 1. The first-order chi connectivity index (χ1) is 22.7. The molecule has 10 heteroatoms. The summed E-state index contributed by atoms with van der Waals surface area (Å²) in [5, 5.41) is 2.77. The number of thiocarbonyl (C=S) groups is 1. The molecular formula is C38H40N2O6S2. The molecule has 0 saturated heterocycles. The van der Waals surface area contributed by atoms with E-state index < -0.39 is 22.2 Å². The van der Waals surface area contributed by atoms with Crippen molar-refractivity contribution in [1.82, 2.24) is 9.62 Å². The van der Waals surface area contributed by atoms with E-state index in [0.29, 0.717) is 5.75 Å². The maximum Gasteiger partial charge on any atom is 0.407 e. The predicted octanol–water partition coefficient (Wildman–Crippen LogP) is 7.76. The van der Waals surface area contributed by atoms with E-state index in [9.17, 15) is 13.2 Å². The van der Waals surface area contributed by atoms with Gasteiger partial charge in [0.05, 0.1) is 4.90 Å². The second-order valence-electron chi connectivity index (χ2n) is 12.7. The molecule has 1 N–H and O–H groups in total. The number of sulfonamides is 1. The topological polar surface area (TPSA) is 94.2 Å². The fourth-order valence-electron chi connectivity index (χ4n) is 5.51. The standard InChI is InChI=1S/C38H40N2O6S2/c1-25-15-21-29(22-16-25)48(42,43)40(6)26(2)45-36(47)35(23-27-17-19-28(20-18-27)46-38(3,4)5)39-37(41)44-24-34-32-13-9-7-11-30(32)31-12-8-10-14-33(31)34/h7-22,34-35H,2,23-24H2,1,3-6H3,(H,39,41)/t35-/m0/s1. The molecule has 0 aromatic heterocycles. The van der Waals surface area contributed by atoms with Crippen LogP contribution in [0.4, 0.5) is 4.79 Å². The Kier molecular flexibility index (Phi) is 10.3.